The Labute approximate surface area is 136 Å². The molecule has 0 saturated carbocycles. The average Bonchev–Trinajstić information content (AvgIpc) is 2.57. The van der Waals surface area contributed by atoms with E-state index in [0.29, 0.717) is 5.92 Å². The maximum absolute atomic E-state index is 11.9. The standard InChI is InChI=1S/C18H25NO.C2H6/c1-4-7-15-10-14(5-2)18(11-17(15)13(3)20)16-8-6-9-19-12-16;1-2/h4,10-11,16,19H,1,5-9,12H2,2-3H3;1-2H3. The van der Waals surface area contributed by atoms with E-state index in [1.54, 1.807) is 6.92 Å². The summed E-state index contributed by atoms with van der Waals surface area (Å²) >= 11 is 0. The maximum atomic E-state index is 11.9. The van der Waals surface area contributed by atoms with Crippen LogP contribution in [0.3, 0.4) is 0 Å². The highest BCUT2D eigenvalue weighted by atomic mass is 16.1. The minimum atomic E-state index is 0.162. The molecule has 1 aromatic carbocycles. The van der Waals surface area contributed by atoms with Gasteiger partial charge in [0, 0.05) is 12.1 Å². The Morgan fingerprint density at radius 2 is 2.09 bits per heavy atom. The van der Waals surface area contributed by atoms with Crippen LogP contribution in [0.15, 0.2) is 24.8 Å². The fourth-order valence-electron chi connectivity index (χ4n) is 3.17. The van der Waals surface area contributed by atoms with Crippen LogP contribution in [0.25, 0.3) is 0 Å². The molecule has 1 heterocycles. The molecular weight excluding hydrogens is 270 g/mol. The van der Waals surface area contributed by atoms with Gasteiger partial charge in [-0.25, -0.2) is 0 Å². The number of nitrogens with one attached hydrogen (secondary N) is 1. The SMILES string of the molecule is C=CCc1cc(CC)c(C2CCCNC2)cc1C(C)=O.CC. The molecule has 1 unspecified atom stereocenters. The van der Waals surface area contributed by atoms with Gasteiger partial charge in [-0.15, -0.1) is 6.58 Å². The van der Waals surface area contributed by atoms with Crippen molar-refractivity contribution in [1.82, 2.24) is 5.32 Å². The second kappa shape index (κ2) is 9.58. The number of hydrogen-bond acceptors (Lipinski definition) is 2. The van der Waals surface area contributed by atoms with E-state index >= 15 is 0 Å². The molecule has 2 nitrogen and oxygen atoms in total. The molecule has 1 saturated heterocycles. The van der Waals surface area contributed by atoms with Crippen LogP contribution in [0.2, 0.25) is 0 Å². The fraction of sp³-hybridized carbons (Fsp3) is 0.550. The Morgan fingerprint density at radius 3 is 2.59 bits per heavy atom. The highest BCUT2D eigenvalue weighted by Gasteiger charge is 2.20. The molecule has 1 N–H and O–H groups in total. The van der Waals surface area contributed by atoms with E-state index in [1.165, 1.54) is 24.0 Å². The molecule has 0 radical (unpaired) electrons. The average molecular weight is 301 g/mol. The fourth-order valence-corrected chi connectivity index (χ4v) is 3.17. The van der Waals surface area contributed by atoms with Crippen LogP contribution in [0.5, 0.6) is 0 Å². The molecule has 0 aliphatic carbocycles. The number of rotatable bonds is 5. The molecule has 1 fully saturated rings. The molecule has 0 amide bonds. The Bertz CT molecular complexity index is 499. The topological polar surface area (TPSA) is 29.1 Å². The Kier molecular flexibility index (Phi) is 8.11. The quantitative estimate of drug-likeness (QED) is 0.632. The predicted molar refractivity (Wildman–Crippen MR) is 95.9 cm³/mol. The molecule has 2 heteroatoms. The van der Waals surface area contributed by atoms with E-state index in [4.69, 9.17) is 0 Å². The van der Waals surface area contributed by atoms with Gasteiger partial charge in [0.25, 0.3) is 0 Å². The van der Waals surface area contributed by atoms with Crippen molar-refractivity contribution in [2.45, 2.75) is 59.3 Å². The van der Waals surface area contributed by atoms with Crippen LogP contribution in [0.1, 0.15) is 73.5 Å². The molecular formula is C20H31NO. The summed E-state index contributed by atoms with van der Waals surface area (Å²) < 4.78 is 0. The first-order valence-electron chi connectivity index (χ1n) is 8.65. The van der Waals surface area contributed by atoms with Crippen molar-refractivity contribution in [3.05, 3.63) is 47.0 Å². The molecule has 1 aliphatic rings. The van der Waals surface area contributed by atoms with E-state index in [2.05, 4.69) is 31.0 Å². The summed E-state index contributed by atoms with van der Waals surface area (Å²) in [5.74, 6) is 0.712. The first-order chi connectivity index (χ1) is 10.7. The summed E-state index contributed by atoms with van der Waals surface area (Å²) in [6.07, 6.45) is 6.11. The minimum absolute atomic E-state index is 0.162. The van der Waals surface area contributed by atoms with Crippen molar-refractivity contribution in [2.24, 2.45) is 0 Å². The van der Waals surface area contributed by atoms with Crippen LogP contribution in [0, 0.1) is 0 Å². The molecule has 2 rings (SSSR count). The predicted octanol–water partition coefficient (Wildman–Crippen LogP) is 4.67. The Balaban J connectivity index is 0.00000116. The summed E-state index contributed by atoms with van der Waals surface area (Å²) in [7, 11) is 0. The van der Waals surface area contributed by atoms with Gasteiger partial charge >= 0.3 is 0 Å². The Hall–Kier alpha value is -1.41. The minimum Gasteiger partial charge on any atom is -0.316 e. The first kappa shape index (κ1) is 18.6. The number of carbonyl (C=O) groups excluding carboxylic acids is 1. The highest BCUT2D eigenvalue weighted by Crippen LogP contribution is 2.30. The zero-order valence-electron chi connectivity index (χ0n) is 14.7. The lowest BCUT2D eigenvalue weighted by Crippen LogP contribution is -2.29. The Morgan fingerprint density at radius 1 is 1.36 bits per heavy atom. The summed E-state index contributed by atoms with van der Waals surface area (Å²) in [6, 6.07) is 4.38. The number of carbonyl (C=O) groups is 1. The smallest absolute Gasteiger partial charge is 0.160 e. The summed E-state index contributed by atoms with van der Waals surface area (Å²) in [6.45, 7) is 13.8. The van der Waals surface area contributed by atoms with E-state index in [0.717, 1.165) is 37.1 Å². The largest absolute Gasteiger partial charge is 0.316 e. The number of benzene rings is 1. The van der Waals surface area contributed by atoms with Crippen molar-refractivity contribution in [3.63, 3.8) is 0 Å². The van der Waals surface area contributed by atoms with Gasteiger partial charge in [-0.2, -0.15) is 0 Å². The van der Waals surface area contributed by atoms with Gasteiger partial charge < -0.3 is 5.32 Å². The molecule has 0 bridgehead atoms. The molecule has 1 aliphatic heterocycles. The van der Waals surface area contributed by atoms with Crippen LogP contribution in [-0.2, 0) is 12.8 Å². The zero-order valence-corrected chi connectivity index (χ0v) is 14.7. The van der Waals surface area contributed by atoms with Crippen LogP contribution in [-0.4, -0.2) is 18.9 Å². The number of aryl methyl sites for hydroxylation is 1. The van der Waals surface area contributed by atoms with Crippen molar-refractivity contribution < 1.29 is 4.79 Å². The van der Waals surface area contributed by atoms with E-state index < -0.39 is 0 Å². The third-order valence-electron chi connectivity index (χ3n) is 4.23. The van der Waals surface area contributed by atoms with Gasteiger partial charge in [0.2, 0.25) is 0 Å². The van der Waals surface area contributed by atoms with Crippen LogP contribution in [0.4, 0.5) is 0 Å². The second-order valence-corrected chi connectivity index (χ2v) is 5.65. The van der Waals surface area contributed by atoms with Crippen LogP contribution < -0.4 is 5.32 Å². The lowest BCUT2D eigenvalue weighted by atomic mass is 9.84. The number of Topliss-reactive ketones (excluding diaryl/α,β-unsaturated/α-hetero) is 1. The maximum Gasteiger partial charge on any atom is 0.160 e. The van der Waals surface area contributed by atoms with E-state index in [-0.39, 0.29) is 5.78 Å². The number of piperidine rings is 1. The summed E-state index contributed by atoms with van der Waals surface area (Å²) in [4.78, 5) is 11.9. The van der Waals surface area contributed by atoms with Crippen LogP contribution >= 0.6 is 0 Å². The summed E-state index contributed by atoms with van der Waals surface area (Å²) in [5, 5.41) is 3.47. The lowest BCUT2D eigenvalue weighted by Gasteiger charge is -2.26. The second-order valence-electron chi connectivity index (χ2n) is 5.65. The monoisotopic (exact) mass is 301 g/mol. The summed E-state index contributed by atoms with van der Waals surface area (Å²) in [5.41, 5.74) is 4.76. The van der Waals surface area contributed by atoms with Gasteiger partial charge in [-0.1, -0.05) is 32.9 Å². The third kappa shape index (κ3) is 4.54. The molecule has 1 atom stereocenters. The van der Waals surface area contributed by atoms with Gasteiger partial charge in [-0.05, 0) is 67.8 Å². The zero-order chi connectivity index (χ0) is 16.5. The van der Waals surface area contributed by atoms with Gasteiger partial charge in [0.15, 0.2) is 5.78 Å². The van der Waals surface area contributed by atoms with Crippen molar-refractivity contribution in [2.75, 3.05) is 13.1 Å². The number of hydrogen-bond donors (Lipinski definition) is 1. The lowest BCUT2D eigenvalue weighted by molar-refractivity contribution is 0.101. The molecule has 122 valence electrons. The molecule has 0 aromatic heterocycles. The molecule has 1 aromatic rings. The first-order valence-corrected chi connectivity index (χ1v) is 8.65. The molecule has 0 spiro atoms. The van der Waals surface area contributed by atoms with Crippen molar-refractivity contribution in [3.8, 4) is 0 Å². The van der Waals surface area contributed by atoms with Gasteiger partial charge in [-0.3, -0.25) is 4.79 Å². The van der Waals surface area contributed by atoms with E-state index in [1.807, 2.05) is 19.9 Å². The van der Waals surface area contributed by atoms with Gasteiger partial charge in [0.05, 0.1) is 0 Å². The number of ketones is 1. The highest BCUT2D eigenvalue weighted by molar-refractivity contribution is 5.96. The normalized spacial score (nSPS) is 17.4. The number of allylic oxidation sites excluding steroid dienone is 1. The van der Waals surface area contributed by atoms with Gasteiger partial charge in [0.1, 0.15) is 0 Å². The molecule has 22 heavy (non-hydrogen) atoms. The van der Waals surface area contributed by atoms with Crippen molar-refractivity contribution in [1.29, 1.82) is 0 Å². The van der Waals surface area contributed by atoms with E-state index in [9.17, 15) is 4.79 Å². The van der Waals surface area contributed by atoms with Crippen molar-refractivity contribution >= 4 is 5.78 Å². The third-order valence-corrected chi connectivity index (χ3v) is 4.23.